The first-order valence-corrected chi connectivity index (χ1v) is 11.5. The maximum Gasteiger partial charge on any atom is 0.328 e. The molecular formula is C27H27ClN2O5. The quantitative estimate of drug-likeness (QED) is 0.306. The third-order valence-corrected chi connectivity index (χ3v) is 5.19. The van der Waals surface area contributed by atoms with Crippen LogP contribution in [0.5, 0.6) is 0 Å². The standard InChI is InChI=1S/C27H27ClN2O5/c1-18(2)15-23(27(33)35-17-20-7-4-3-5-8-20)30-25(31)22(16-19-10-12-21(28)13-11-19)29-26(32)24-9-6-14-34-24/h3-14,16,18,23H,15,17H2,1-2H3,(H,29,32)(H,30,31). The molecule has 0 saturated carbocycles. The number of rotatable bonds is 10. The van der Waals surface area contributed by atoms with Gasteiger partial charge in [0.15, 0.2) is 5.76 Å². The molecule has 0 aliphatic rings. The maximum absolute atomic E-state index is 13.2. The summed E-state index contributed by atoms with van der Waals surface area (Å²) in [6.07, 6.45) is 3.22. The average Bonchev–Trinajstić information content (AvgIpc) is 3.38. The third kappa shape index (κ3) is 8.15. The molecule has 1 aromatic heterocycles. The number of amides is 2. The minimum atomic E-state index is -0.902. The van der Waals surface area contributed by atoms with E-state index in [9.17, 15) is 14.4 Å². The highest BCUT2D eigenvalue weighted by molar-refractivity contribution is 6.30. The van der Waals surface area contributed by atoms with E-state index in [0.29, 0.717) is 17.0 Å². The highest BCUT2D eigenvalue weighted by atomic mass is 35.5. The lowest BCUT2D eigenvalue weighted by Crippen LogP contribution is -2.45. The molecule has 0 radical (unpaired) electrons. The number of nitrogens with one attached hydrogen (secondary N) is 2. The van der Waals surface area contributed by atoms with Crippen molar-refractivity contribution in [2.45, 2.75) is 32.9 Å². The second kappa shape index (κ2) is 12.6. The molecule has 0 aliphatic heterocycles. The van der Waals surface area contributed by atoms with E-state index in [2.05, 4.69) is 10.6 Å². The van der Waals surface area contributed by atoms with Crippen LogP contribution in [0.2, 0.25) is 5.02 Å². The minimum absolute atomic E-state index is 0.0424. The van der Waals surface area contributed by atoms with Crippen LogP contribution in [0.4, 0.5) is 0 Å². The normalized spacial score (nSPS) is 12.2. The molecule has 7 nitrogen and oxygen atoms in total. The summed E-state index contributed by atoms with van der Waals surface area (Å²) < 4.78 is 10.6. The van der Waals surface area contributed by atoms with Gasteiger partial charge in [-0.05, 0) is 53.8 Å². The Morgan fingerprint density at radius 1 is 1.00 bits per heavy atom. The molecule has 0 fully saturated rings. The molecule has 2 aromatic carbocycles. The van der Waals surface area contributed by atoms with Gasteiger partial charge < -0.3 is 19.8 Å². The largest absolute Gasteiger partial charge is 0.459 e. The van der Waals surface area contributed by atoms with Crippen LogP contribution in [-0.4, -0.2) is 23.8 Å². The van der Waals surface area contributed by atoms with Gasteiger partial charge in [-0.15, -0.1) is 0 Å². The summed E-state index contributed by atoms with van der Waals surface area (Å²) in [5, 5.41) is 5.82. The minimum Gasteiger partial charge on any atom is -0.459 e. The lowest BCUT2D eigenvalue weighted by molar-refractivity contribution is -0.149. The Kier molecular flexibility index (Phi) is 9.26. The molecule has 0 aliphatic carbocycles. The number of furan rings is 1. The summed E-state index contributed by atoms with van der Waals surface area (Å²) in [4.78, 5) is 38.7. The molecule has 182 valence electrons. The molecular weight excluding hydrogens is 468 g/mol. The average molecular weight is 495 g/mol. The van der Waals surface area contributed by atoms with Gasteiger partial charge in [0.25, 0.3) is 11.8 Å². The molecule has 3 aromatic rings. The summed E-state index contributed by atoms with van der Waals surface area (Å²) in [6.45, 7) is 3.96. The molecule has 0 saturated heterocycles. The van der Waals surface area contributed by atoms with Crippen LogP contribution in [0.3, 0.4) is 0 Å². The van der Waals surface area contributed by atoms with E-state index in [0.717, 1.165) is 5.56 Å². The van der Waals surface area contributed by atoms with Gasteiger partial charge in [-0.25, -0.2) is 4.79 Å². The number of halogens is 1. The number of esters is 1. The van der Waals surface area contributed by atoms with Crippen LogP contribution < -0.4 is 10.6 Å². The number of carbonyl (C=O) groups excluding carboxylic acids is 3. The molecule has 1 heterocycles. The van der Waals surface area contributed by atoms with Crippen LogP contribution in [0.1, 0.15) is 41.9 Å². The highest BCUT2D eigenvalue weighted by Crippen LogP contribution is 2.14. The number of ether oxygens (including phenoxy) is 1. The van der Waals surface area contributed by atoms with Crippen molar-refractivity contribution in [3.63, 3.8) is 0 Å². The smallest absolute Gasteiger partial charge is 0.328 e. The SMILES string of the molecule is CC(C)CC(NC(=O)C(=Cc1ccc(Cl)cc1)NC(=O)c1ccco1)C(=O)OCc1ccccc1. The first kappa shape index (κ1) is 25.8. The Morgan fingerprint density at radius 3 is 2.34 bits per heavy atom. The second-order valence-corrected chi connectivity index (χ2v) is 8.73. The van der Waals surface area contributed by atoms with Crippen molar-refractivity contribution in [3.8, 4) is 0 Å². The molecule has 3 rings (SSSR count). The number of benzene rings is 2. The van der Waals surface area contributed by atoms with Crippen LogP contribution in [0.25, 0.3) is 6.08 Å². The van der Waals surface area contributed by atoms with Gasteiger partial charge >= 0.3 is 5.97 Å². The third-order valence-electron chi connectivity index (χ3n) is 4.94. The Morgan fingerprint density at radius 2 is 1.71 bits per heavy atom. The Bertz CT molecular complexity index is 1160. The zero-order valence-corrected chi connectivity index (χ0v) is 20.2. The van der Waals surface area contributed by atoms with E-state index >= 15 is 0 Å². The zero-order valence-electron chi connectivity index (χ0n) is 19.5. The van der Waals surface area contributed by atoms with E-state index < -0.39 is 23.8 Å². The lowest BCUT2D eigenvalue weighted by atomic mass is 10.0. The first-order valence-electron chi connectivity index (χ1n) is 11.2. The van der Waals surface area contributed by atoms with Gasteiger partial charge in [-0.1, -0.05) is 67.9 Å². The van der Waals surface area contributed by atoms with Crippen LogP contribution >= 0.6 is 11.6 Å². The van der Waals surface area contributed by atoms with Gasteiger partial charge in [-0.3, -0.25) is 9.59 Å². The fourth-order valence-corrected chi connectivity index (χ4v) is 3.35. The van der Waals surface area contributed by atoms with Gasteiger partial charge in [-0.2, -0.15) is 0 Å². The van der Waals surface area contributed by atoms with Crippen LogP contribution in [-0.2, 0) is 20.9 Å². The van der Waals surface area contributed by atoms with E-state index in [1.54, 1.807) is 30.3 Å². The molecule has 2 amide bonds. The Labute approximate surface area is 209 Å². The number of hydrogen-bond acceptors (Lipinski definition) is 5. The van der Waals surface area contributed by atoms with Crippen molar-refractivity contribution in [1.82, 2.24) is 10.6 Å². The van der Waals surface area contributed by atoms with Gasteiger partial charge in [0, 0.05) is 5.02 Å². The molecule has 2 N–H and O–H groups in total. The molecule has 0 spiro atoms. The van der Waals surface area contributed by atoms with Crippen LogP contribution in [0.15, 0.2) is 83.1 Å². The van der Waals surface area contributed by atoms with Crippen molar-refractivity contribution in [2.24, 2.45) is 5.92 Å². The summed E-state index contributed by atoms with van der Waals surface area (Å²) in [6, 6.07) is 18.2. The van der Waals surface area contributed by atoms with Gasteiger partial charge in [0.1, 0.15) is 18.3 Å². The first-order chi connectivity index (χ1) is 16.8. The fourth-order valence-electron chi connectivity index (χ4n) is 3.23. The number of carbonyl (C=O) groups is 3. The van der Waals surface area contributed by atoms with E-state index in [4.69, 9.17) is 20.8 Å². The number of hydrogen-bond donors (Lipinski definition) is 2. The van der Waals surface area contributed by atoms with Crippen molar-refractivity contribution in [3.05, 3.63) is 101 Å². The van der Waals surface area contributed by atoms with Crippen molar-refractivity contribution in [1.29, 1.82) is 0 Å². The topological polar surface area (TPSA) is 97.6 Å². The molecule has 1 unspecified atom stereocenters. The van der Waals surface area contributed by atoms with Crippen LogP contribution in [0, 0.1) is 5.92 Å². The van der Waals surface area contributed by atoms with E-state index in [1.807, 2.05) is 44.2 Å². The second-order valence-electron chi connectivity index (χ2n) is 8.29. The van der Waals surface area contributed by atoms with Crippen molar-refractivity contribution < 1.29 is 23.5 Å². The molecule has 35 heavy (non-hydrogen) atoms. The highest BCUT2D eigenvalue weighted by Gasteiger charge is 2.26. The maximum atomic E-state index is 13.2. The summed E-state index contributed by atoms with van der Waals surface area (Å²) in [5.41, 5.74) is 1.41. The molecule has 0 bridgehead atoms. The Balaban J connectivity index is 1.79. The Hall–Kier alpha value is -3.84. The van der Waals surface area contributed by atoms with E-state index in [-0.39, 0.29) is 24.0 Å². The summed E-state index contributed by atoms with van der Waals surface area (Å²) >= 11 is 5.96. The van der Waals surface area contributed by atoms with Crippen molar-refractivity contribution in [2.75, 3.05) is 0 Å². The summed E-state index contributed by atoms with van der Waals surface area (Å²) in [5.74, 6) is -1.65. The van der Waals surface area contributed by atoms with Gasteiger partial charge in [0.2, 0.25) is 0 Å². The summed E-state index contributed by atoms with van der Waals surface area (Å²) in [7, 11) is 0. The van der Waals surface area contributed by atoms with Gasteiger partial charge in [0.05, 0.1) is 6.26 Å². The molecule has 1 atom stereocenters. The molecule has 8 heteroatoms. The van der Waals surface area contributed by atoms with E-state index in [1.165, 1.54) is 18.4 Å². The predicted octanol–water partition coefficient (Wildman–Crippen LogP) is 4.98. The zero-order chi connectivity index (χ0) is 25.2. The lowest BCUT2D eigenvalue weighted by Gasteiger charge is -2.20. The predicted molar refractivity (Wildman–Crippen MR) is 133 cm³/mol. The van der Waals surface area contributed by atoms with Crippen molar-refractivity contribution >= 4 is 35.5 Å². The monoisotopic (exact) mass is 494 g/mol. The fraction of sp³-hybridized carbons (Fsp3) is 0.222.